The number of amides is 2. The van der Waals surface area contributed by atoms with Gasteiger partial charge in [0.15, 0.2) is 11.6 Å². The van der Waals surface area contributed by atoms with Crippen LogP contribution in [0.4, 0.5) is 27.6 Å². The third kappa shape index (κ3) is 6.37. The standard InChI is InChI=1S/C34H25ClF5N5O3/c1-18(46)25-16-44(28-10-9-19(11-24(25)28)20-13-41-33(42-14-20)34(38,39)40)17-30(47)45-15-21(36)12-29(45)32(48)43-27-8-4-6-23(31(27)37)22-5-2-3-7-26(22)35/h2-11,13-14,16,21,29H,12,15,17H2,1H3,(H,43,48). The summed E-state index contributed by atoms with van der Waals surface area (Å²) in [6, 6.07) is 14.5. The number of hydrogen-bond donors (Lipinski definition) is 1. The summed E-state index contributed by atoms with van der Waals surface area (Å²) in [5.74, 6) is -3.77. The molecule has 3 heterocycles. The van der Waals surface area contributed by atoms with Crippen molar-refractivity contribution in [2.75, 3.05) is 11.9 Å². The molecule has 2 aromatic heterocycles. The van der Waals surface area contributed by atoms with Gasteiger partial charge in [-0.25, -0.2) is 18.7 Å². The molecule has 48 heavy (non-hydrogen) atoms. The van der Waals surface area contributed by atoms with Crippen LogP contribution in [0.2, 0.25) is 5.02 Å². The minimum Gasteiger partial charge on any atom is -0.337 e. The van der Waals surface area contributed by atoms with Crippen LogP contribution in [0.1, 0.15) is 29.5 Å². The zero-order chi connectivity index (χ0) is 34.3. The highest BCUT2D eigenvalue weighted by Crippen LogP contribution is 2.34. The molecule has 1 saturated heterocycles. The number of halogens is 6. The molecule has 2 amide bonds. The van der Waals surface area contributed by atoms with Crippen molar-refractivity contribution in [2.45, 2.75) is 38.3 Å². The Morgan fingerprint density at radius 1 is 0.979 bits per heavy atom. The average Bonchev–Trinajstić information content (AvgIpc) is 3.62. The minimum absolute atomic E-state index is 0.149. The number of rotatable bonds is 7. The van der Waals surface area contributed by atoms with E-state index in [1.54, 1.807) is 42.5 Å². The lowest BCUT2D eigenvalue weighted by molar-refractivity contribution is -0.145. The molecular formula is C34H25ClF5N5O3. The Morgan fingerprint density at radius 2 is 1.69 bits per heavy atom. The zero-order valence-electron chi connectivity index (χ0n) is 25.1. The molecule has 1 aliphatic rings. The molecule has 14 heteroatoms. The van der Waals surface area contributed by atoms with Crippen LogP contribution >= 0.6 is 11.6 Å². The molecule has 6 rings (SSSR count). The summed E-state index contributed by atoms with van der Waals surface area (Å²) in [6.45, 7) is 0.596. The fraction of sp³-hybridized carbons (Fsp3) is 0.206. The molecule has 246 valence electrons. The minimum atomic E-state index is -4.70. The lowest BCUT2D eigenvalue weighted by Gasteiger charge is -2.24. The van der Waals surface area contributed by atoms with E-state index in [4.69, 9.17) is 11.6 Å². The number of carbonyl (C=O) groups is 3. The summed E-state index contributed by atoms with van der Waals surface area (Å²) in [7, 11) is 0. The van der Waals surface area contributed by atoms with Crippen molar-refractivity contribution in [3.8, 4) is 22.3 Å². The molecule has 0 spiro atoms. The second-order valence-corrected chi connectivity index (χ2v) is 11.7. The topological polar surface area (TPSA) is 97.2 Å². The van der Waals surface area contributed by atoms with E-state index in [-0.39, 0.29) is 47.7 Å². The van der Waals surface area contributed by atoms with Gasteiger partial charge in [-0.1, -0.05) is 48.0 Å². The summed E-state index contributed by atoms with van der Waals surface area (Å²) in [5, 5.41) is 3.22. The van der Waals surface area contributed by atoms with Crippen molar-refractivity contribution in [2.24, 2.45) is 0 Å². The van der Waals surface area contributed by atoms with Gasteiger partial charge in [0.25, 0.3) is 0 Å². The number of nitrogens with zero attached hydrogens (tertiary/aromatic N) is 4. The number of alkyl halides is 4. The molecule has 8 nitrogen and oxygen atoms in total. The van der Waals surface area contributed by atoms with Gasteiger partial charge in [-0.15, -0.1) is 0 Å². The maximum absolute atomic E-state index is 15.5. The lowest BCUT2D eigenvalue weighted by Crippen LogP contribution is -2.44. The van der Waals surface area contributed by atoms with E-state index in [0.29, 0.717) is 27.1 Å². The fourth-order valence-corrected chi connectivity index (χ4v) is 6.03. The van der Waals surface area contributed by atoms with Crippen molar-refractivity contribution in [1.82, 2.24) is 19.4 Å². The van der Waals surface area contributed by atoms with Crippen LogP contribution in [0.15, 0.2) is 79.3 Å². The SMILES string of the molecule is CC(=O)c1cn(CC(=O)N2CC(F)CC2C(=O)Nc2cccc(-c3ccccc3Cl)c2F)c2ccc(-c3cnc(C(F)(F)F)nc3)cc12. The first-order valence-corrected chi connectivity index (χ1v) is 15.0. The van der Waals surface area contributed by atoms with Crippen molar-refractivity contribution >= 4 is 45.8 Å². The second kappa shape index (κ2) is 12.8. The van der Waals surface area contributed by atoms with Crippen LogP contribution < -0.4 is 5.32 Å². The number of likely N-dealkylation sites (tertiary alicyclic amines) is 1. The van der Waals surface area contributed by atoms with Gasteiger partial charge in [0.05, 0.1) is 12.2 Å². The van der Waals surface area contributed by atoms with Crippen LogP contribution in [-0.4, -0.2) is 55.8 Å². The number of aromatic nitrogens is 3. The molecule has 3 aromatic carbocycles. The Labute approximate surface area is 275 Å². The third-order valence-electron chi connectivity index (χ3n) is 8.10. The third-order valence-corrected chi connectivity index (χ3v) is 8.43. The highest BCUT2D eigenvalue weighted by atomic mass is 35.5. The molecular weight excluding hydrogens is 657 g/mol. The Hall–Kier alpha value is -5.17. The highest BCUT2D eigenvalue weighted by molar-refractivity contribution is 6.33. The molecule has 0 radical (unpaired) electrons. The van der Waals surface area contributed by atoms with E-state index in [0.717, 1.165) is 17.3 Å². The number of carbonyl (C=O) groups excluding carboxylic acids is 3. The highest BCUT2D eigenvalue weighted by Gasteiger charge is 2.40. The smallest absolute Gasteiger partial charge is 0.337 e. The number of anilines is 1. The number of fused-ring (bicyclic) bond motifs is 1. The number of nitrogens with one attached hydrogen (secondary N) is 1. The maximum Gasteiger partial charge on any atom is 0.451 e. The normalized spacial score (nSPS) is 16.4. The van der Waals surface area contributed by atoms with Crippen molar-refractivity contribution in [3.63, 3.8) is 0 Å². The molecule has 0 saturated carbocycles. The van der Waals surface area contributed by atoms with Gasteiger partial charge in [-0.3, -0.25) is 14.4 Å². The molecule has 0 bridgehead atoms. The van der Waals surface area contributed by atoms with E-state index < -0.39 is 41.8 Å². The molecule has 2 atom stereocenters. The summed E-state index contributed by atoms with van der Waals surface area (Å²) >= 11 is 6.24. The molecule has 1 aliphatic heterocycles. The van der Waals surface area contributed by atoms with Crippen LogP contribution in [-0.2, 0) is 22.3 Å². The van der Waals surface area contributed by atoms with Crippen LogP contribution in [0.25, 0.3) is 33.2 Å². The average molecular weight is 682 g/mol. The first-order chi connectivity index (χ1) is 22.8. The van der Waals surface area contributed by atoms with Gasteiger partial charge in [0.2, 0.25) is 17.6 Å². The summed E-state index contributed by atoms with van der Waals surface area (Å²) in [4.78, 5) is 47.3. The number of benzene rings is 3. The van der Waals surface area contributed by atoms with Crippen LogP contribution in [0.3, 0.4) is 0 Å². The van der Waals surface area contributed by atoms with Crippen molar-refractivity contribution in [1.29, 1.82) is 0 Å². The Bertz CT molecular complexity index is 2070. The summed E-state index contributed by atoms with van der Waals surface area (Å²) < 4.78 is 70.5. The predicted molar refractivity (Wildman–Crippen MR) is 168 cm³/mol. The first-order valence-electron chi connectivity index (χ1n) is 14.6. The zero-order valence-corrected chi connectivity index (χ0v) is 25.8. The van der Waals surface area contributed by atoms with Crippen molar-refractivity contribution < 1.29 is 36.3 Å². The molecule has 5 aromatic rings. The van der Waals surface area contributed by atoms with E-state index in [9.17, 15) is 31.9 Å². The molecule has 2 unspecified atom stereocenters. The van der Waals surface area contributed by atoms with E-state index >= 15 is 4.39 Å². The van der Waals surface area contributed by atoms with Gasteiger partial charge < -0.3 is 14.8 Å². The Morgan fingerprint density at radius 3 is 2.38 bits per heavy atom. The quantitative estimate of drug-likeness (QED) is 0.143. The molecule has 0 aliphatic carbocycles. The summed E-state index contributed by atoms with van der Waals surface area (Å²) in [6.07, 6.45) is -3.01. The molecule has 1 fully saturated rings. The largest absolute Gasteiger partial charge is 0.451 e. The Balaban J connectivity index is 1.24. The van der Waals surface area contributed by atoms with Gasteiger partial charge in [-0.05, 0) is 36.8 Å². The first kappa shape index (κ1) is 32.8. The Kier molecular flexibility index (Phi) is 8.73. The van der Waals surface area contributed by atoms with E-state index in [1.807, 2.05) is 0 Å². The number of hydrogen-bond acceptors (Lipinski definition) is 5. The fourth-order valence-electron chi connectivity index (χ4n) is 5.79. The van der Waals surface area contributed by atoms with E-state index in [1.165, 1.54) is 35.9 Å². The van der Waals surface area contributed by atoms with E-state index in [2.05, 4.69) is 15.3 Å². The monoisotopic (exact) mass is 681 g/mol. The van der Waals surface area contributed by atoms with Gasteiger partial charge >= 0.3 is 6.18 Å². The molecule has 1 N–H and O–H groups in total. The van der Waals surface area contributed by atoms with Crippen LogP contribution in [0, 0.1) is 5.82 Å². The predicted octanol–water partition coefficient (Wildman–Crippen LogP) is 7.36. The summed E-state index contributed by atoms with van der Waals surface area (Å²) in [5.41, 5.74) is 1.79. The van der Waals surface area contributed by atoms with Gasteiger partial charge in [0.1, 0.15) is 18.8 Å². The van der Waals surface area contributed by atoms with Crippen molar-refractivity contribution in [3.05, 3.63) is 101 Å². The van der Waals surface area contributed by atoms with Gasteiger partial charge in [0, 0.05) is 63.2 Å². The van der Waals surface area contributed by atoms with Crippen LogP contribution in [0.5, 0.6) is 0 Å². The number of Topliss-reactive ketones (excluding diaryl/α,β-unsaturated/α-hetero) is 1. The van der Waals surface area contributed by atoms with Gasteiger partial charge in [-0.2, -0.15) is 13.2 Å². The number of ketones is 1. The lowest BCUT2D eigenvalue weighted by atomic mass is 10.0. The second-order valence-electron chi connectivity index (χ2n) is 11.3. The maximum atomic E-state index is 15.5.